The largest absolute Gasteiger partial charge is 0.312 e. The number of hydrogen-bond acceptors (Lipinski definition) is 2. The average Bonchev–Trinajstić information content (AvgIpc) is 3.08. The summed E-state index contributed by atoms with van der Waals surface area (Å²) in [7, 11) is 0. The smallest absolute Gasteiger partial charge is 0.158 e. The van der Waals surface area contributed by atoms with Crippen LogP contribution in [0.3, 0.4) is 0 Å². The molecule has 110 valence electrons. The number of imidazole rings is 1. The SMILES string of the molecule is CCn1nc(C)c2nc(CCl)n(CC3CCC(C)C3)c21. The molecule has 2 unspecified atom stereocenters. The van der Waals surface area contributed by atoms with Crippen LogP contribution in [0.5, 0.6) is 0 Å². The van der Waals surface area contributed by atoms with Crippen molar-refractivity contribution < 1.29 is 0 Å². The number of rotatable bonds is 4. The van der Waals surface area contributed by atoms with Crippen molar-refractivity contribution in [2.45, 2.75) is 59.0 Å². The third-order valence-corrected chi connectivity index (χ3v) is 4.78. The normalized spacial score (nSPS) is 23.0. The molecule has 1 aliphatic carbocycles. The highest BCUT2D eigenvalue weighted by atomic mass is 35.5. The molecule has 0 amide bonds. The van der Waals surface area contributed by atoms with Gasteiger partial charge in [-0.3, -0.25) is 0 Å². The van der Waals surface area contributed by atoms with Crippen molar-refractivity contribution in [1.29, 1.82) is 0 Å². The maximum absolute atomic E-state index is 6.11. The van der Waals surface area contributed by atoms with Crippen LogP contribution < -0.4 is 0 Å². The van der Waals surface area contributed by atoms with Gasteiger partial charge in [0.1, 0.15) is 11.3 Å². The van der Waals surface area contributed by atoms with Gasteiger partial charge in [0.2, 0.25) is 0 Å². The minimum Gasteiger partial charge on any atom is -0.312 e. The summed E-state index contributed by atoms with van der Waals surface area (Å²) in [6.45, 7) is 8.42. The van der Waals surface area contributed by atoms with Crippen LogP contribution in [0.4, 0.5) is 0 Å². The molecule has 1 aliphatic rings. The Morgan fingerprint density at radius 3 is 2.75 bits per heavy atom. The van der Waals surface area contributed by atoms with Crippen LogP contribution in [-0.2, 0) is 19.0 Å². The molecule has 2 atom stereocenters. The molecule has 0 saturated heterocycles. The summed E-state index contributed by atoms with van der Waals surface area (Å²) in [5, 5.41) is 4.58. The summed E-state index contributed by atoms with van der Waals surface area (Å²) in [6.07, 6.45) is 3.99. The predicted molar refractivity (Wildman–Crippen MR) is 82.0 cm³/mol. The predicted octanol–water partition coefficient (Wildman–Crippen LogP) is 3.74. The van der Waals surface area contributed by atoms with Crippen molar-refractivity contribution in [1.82, 2.24) is 19.3 Å². The zero-order valence-corrected chi connectivity index (χ0v) is 13.3. The molecule has 2 aromatic heterocycles. The number of fused-ring (bicyclic) bond motifs is 1. The van der Waals surface area contributed by atoms with Gasteiger partial charge in [-0.25, -0.2) is 9.67 Å². The van der Waals surface area contributed by atoms with Crippen molar-refractivity contribution in [2.24, 2.45) is 11.8 Å². The van der Waals surface area contributed by atoms with Crippen LogP contribution in [-0.4, -0.2) is 19.3 Å². The Bertz CT molecular complexity index is 613. The lowest BCUT2D eigenvalue weighted by Crippen LogP contribution is -2.13. The highest BCUT2D eigenvalue weighted by Crippen LogP contribution is 2.33. The van der Waals surface area contributed by atoms with Crippen molar-refractivity contribution in [3.05, 3.63) is 11.5 Å². The van der Waals surface area contributed by atoms with E-state index in [0.29, 0.717) is 5.88 Å². The Morgan fingerprint density at radius 2 is 2.15 bits per heavy atom. The molecule has 5 heteroatoms. The van der Waals surface area contributed by atoms with Crippen molar-refractivity contribution in [3.8, 4) is 0 Å². The minimum atomic E-state index is 0.472. The summed E-state index contributed by atoms with van der Waals surface area (Å²) >= 11 is 6.11. The fourth-order valence-corrected chi connectivity index (χ4v) is 3.74. The monoisotopic (exact) mass is 294 g/mol. The van der Waals surface area contributed by atoms with E-state index >= 15 is 0 Å². The molecule has 2 heterocycles. The molecular formula is C15H23ClN4. The van der Waals surface area contributed by atoms with Gasteiger partial charge < -0.3 is 4.57 Å². The average molecular weight is 295 g/mol. The van der Waals surface area contributed by atoms with E-state index < -0.39 is 0 Å². The van der Waals surface area contributed by atoms with Gasteiger partial charge in [0.05, 0.1) is 11.6 Å². The number of hydrogen-bond donors (Lipinski definition) is 0. The van der Waals surface area contributed by atoms with E-state index in [9.17, 15) is 0 Å². The first-order valence-electron chi connectivity index (χ1n) is 7.62. The van der Waals surface area contributed by atoms with E-state index in [0.717, 1.165) is 47.6 Å². The maximum atomic E-state index is 6.11. The highest BCUT2D eigenvalue weighted by molar-refractivity contribution is 6.16. The number of aryl methyl sites for hydroxylation is 2. The van der Waals surface area contributed by atoms with E-state index in [4.69, 9.17) is 16.6 Å². The molecule has 0 aliphatic heterocycles. The van der Waals surface area contributed by atoms with E-state index in [2.05, 4.69) is 28.2 Å². The van der Waals surface area contributed by atoms with E-state index in [1.54, 1.807) is 0 Å². The third-order valence-electron chi connectivity index (χ3n) is 4.54. The van der Waals surface area contributed by atoms with E-state index in [1.807, 2.05) is 6.92 Å². The van der Waals surface area contributed by atoms with Gasteiger partial charge in [-0.1, -0.05) is 13.3 Å². The fourth-order valence-electron chi connectivity index (χ4n) is 3.53. The maximum Gasteiger partial charge on any atom is 0.158 e. The lowest BCUT2D eigenvalue weighted by atomic mass is 10.1. The van der Waals surface area contributed by atoms with E-state index in [1.165, 1.54) is 19.3 Å². The molecule has 0 bridgehead atoms. The zero-order chi connectivity index (χ0) is 14.3. The Morgan fingerprint density at radius 1 is 1.35 bits per heavy atom. The number of halogens is 1. The summed E-state index contributed by atoms with van der Waals surface area (Å²) in [5.74, 6) is 3.07. The summed E-state index contributed by atoms with van der Waals surface area (Å²) in [6, 6.07) is 0. The topological polar surface area (TPSA) is 35.6 Å². The van der Waals surface area contributed by atoms with Gasteiger partial charge >= 0.3 is 0 Å². The molecule has 0 radical (unpaired) electrons. The molecule has 4 nitrogen and oxygen atoms in total. The molecule has 2 aromatic rings. The van der Waals surface area contributed by atoms with Gasteiger partial charge in [0, 0.05) is 13.1 Å². The van der Waals surface area contributed by atoms with Crippen LogP contribution in [0.15, 0.2) is 0 Å². The van der Waals surface area contributed by atoms with Crippen LogP contribution in [0, 0.1) is 18.8 Å². The lowest BCUT2D eigenvalue weighted by Gasteiger charge is -2.14. The second kappa shape index (κ2) is 5.40. The van der Waals surface area contributed by atoms with Crippen molar-refractivity contribution in [2.75, 3.05) is 0 Å². The number of aromatic nitrogens is 4. The van der Waals surface area contributed by atoms with Crippen LogP contribution in [0.1, 0.15) is 44.6 Å². The number of alkyl halides is 1. The van der Waals surface area contributed by atoms with Crippen LogP contribution >= 0.6 is 11.6 Å². The minimum absolute atomic E-state index is 0.472. The molecule has 1 fully saturated rings. The first-order valence-corrected chi connectivity index (χ1v) is 8.16. The molecule has 0 N–H and O–H groups in total. The van der Waals surface area contributed by atoms with Gasteiger partial charge in [-0.15, -0.1) is 11.6 Å². The summed E-state index contributed by atoms with van der Waals surface area (Å²) < 4.78 is 4.38. The zero-order valence-electron chi connectivity index (χ0n) is 12.6. The standard InChI is InChI=1S/C15H23ClN4/c1-4-20-15-14(11(3)18-20)17-13(8-16)19(15)9-12-6-5-10(2)7-12/h10,12H,4-9H2,1-3H3. The number of nitrogens with zero attached hydrogens (tertiary/aromatic N) is 4. The Labute approximate surface area is 125 Å². The van der Waals surface area contributed by atoms with Gasteiger partial charge in [-0.2, -0.15) is 5.10 Å². The van der Waals surface area contributed by atoms with E-state index in [-0.39, 0.29) is 0 Å². The Hall–Kier alpha value is -1.03. The first kappa shape index (κ1) is 13.9. The molecule has 0 spiro atoms. The first-order chi connectivity index (χ1) is 9.63. The van der Waals surface area contributed by atoms with Gasteiger partial charge in [-0.05, 0) is 38.5 Å². The van der Waals surface area contributed by atoms with Crippen molar-refractivity contribution in [3.63, 3.8) is 0 Å². The molecule has 1 saturated carbocycles. The third kappa shape index (κ3) is 2.24. The van der Waals surface area contributed by atoms with Crippen LogP contribution in [0.25, 0.3) is 11.2 Å². The molecule has 3 rings (SSSR count). The Balaban J connectivity index is 2.02. The molecular weight excluding hydrogens is 272 g/mol. The summed E-state index contributed by atoms with van der Waals surface area (Å²) in [5.41, 5.74) is 3.18. The molecule has 20 heavy (non-hydrogen) atoms. The second-order valence-electron chi connectivity index (χ2n) is 6.13. The quantitative estimate of drug-likeness (QED) is 0.805. The van der Waals surface area contributed by atoms with Gasteiger partial charge in [0.15, 0.2) is 5.65 Å². The Kier molecular flexibility index (Phi) is 3.76. The summed E-state index contributed by atoms with van der Waals surface area (Å²) in [4.78, 5) is 4.71. The van der Waals surface area contributed by atoms with Gasteiger partial charge in [0.25, 0.3) is 0 Å². The fraction of sp³-hybridized carbons (Fsp3) is 0.733. The second-order valence-corrected chi connectivity index (χ2v) is 6.40. The lowest BCUT2D eigenvalue weighted by molar-refractivity contribution is 0.435. The highest BCUT2D eigenvalue weighted by Gasteiger charge is 2.25. The van der Waals surface area contributed by atoms with Crippen molar-refractivity contribution >= 4 is 22.8 Å². The van der Waals surface area contributed by atoms with Crippen LogP contribution in [0.2, 0.25) is 0 Å². The molecule has 0 aromatic carbocycles.